The second-order valence-corrected chi connectivity index (χ2v) is 8.37. The lowest BCUT2D eigenvalue weighted by Gasteiger charge is -2.26. The molecule has 1 aromatic carbocycles. The quantitative estimate of drug-likeness (QED) is 0.783. The minimum absolute atomic E-state index is 0.0182. The molecule has 0 aromatic heterocycles. The van der Waals surface area contributed by atoms with Gasteiger partial charge in [-0.2, -0.15) is 0 Å². The molecule has 0 aliphatic rings. The fraction of sp³-hybridized carbons (Fsp3) is 0.571. The second kappa shape index (κ2) is 6.25. The Morgan fingerprint density at radius 1 is 1.21 bits per heavy atom. The maximum atomic E-state index is 12.3. The van der Waals surface area contributed by atoms with E-state index in [1.54, 1.807) is 7.05 Å². The zero-order valence-electron chi connectivity index (χ0n) is 12.0. The standard InChI is InChI=1S/C14H22ClNO2S/c1-14(2,3)11-16(4)19(17,18)10-13-7-5-6-12(8-13)9-15/h5-8H,9-11H2,1-4H3. The number of nitrogens with zero attached hydrogens (tertiary/aromatic N) is 1. The van der Waals surface area contributed by atoms with Gasteiger partial charge in [-0.3, -0.25) is 0 Å². The van der Waals surface area contributed by atoms with Crippen molar-refractivity contribution in [3.63, 3.8) is 0 Å². The van der Waals surface area contributed by atoms with Gasteiger partial charge in [0.05, 0.1) is 5.75 Å². The molecule has 0 saturated heterocycles. The van der Waals surface area contributed by atoms with Crippen LogP contribution < -0.4 is 0 Å². The number of halogens is 1. The highest BCUT2D eigenvalue weighted by Gasteiger charge is 2.23. The minimum Gasteiger partial charge on any atom is -0.212 e. The zero-order valence-corrected chi connectivity index (χ0v) is 13.6. The van der Waals surface area contributed by atoms with Crippen LogP contribution in [-0.2, 0) is 21.7 Å². The fourth-order valence-corrected chi connectivity index (χ4v) is 3.46. The van der Waals surface area contributed by atoms with E-state index in [-0.39, 0.29) is 11.2 Å². The third-order valence-electron chi connectivity index (χ3n) is 2.67. The Kier molecular flexibility index (Phi) is 5.42. The van der Waals surface area contributed by atoms with Gasteiger partial charge in [-0.1, -0.05) is 45.0 Å². The average molecular weight is 304 g/mol. The molecule has 0 aliphatic heterocycles. The maximum Gasteiger partial charge on any atom is 0.218 e. The number of alkyl halides is 1. The van der Waals surface area contributed by atoms with Crippen LogP contribution >= 0.6 is 11.6 Å². The van der Waals surface area contributed by atoms with Crippen molar-refractivity contribution in [2.75, 3.05) is 13.6 Å². The van der Waals surface area contributed by atoms with Crippen LogP contribution in [0.15, 0.2) is 24.3 Å². The third kappa shape index (κ3) is 5.51. The van der Waals surface area contributed by atoms with Crippen LogP contribution in [0.3, 0.4) is 0 Å². The highest BCUT2D eigenvalue weighted by atomic mass is 35.5. The molecule has 0 amide bonds. The SMILES string of the molecule is CN(CC(C)(C)C)S(=O)(=O)Cc1cccc(CCl)c1. The molecule has 0 spiro atoms. The first-order valence-electron chi connectivity index (χ1n) is 6.22. The van der Waals surface area contributed by atoms with Gasteiger partial charge < -0.3 is 0 Å². The summed E-state index contributed by atoms with van der Waals surface area (Å²) in [6, 6.07) is 7.39. The van der Waals surface area contributed by atoms with Crippen molar-refractivity contribution in [2.24, 2.45) is 5.41 Å². The topological polar surface area (TPSA) is 37.4 Å². The summed E-state index contributed by atoms with van der Waals surface area (Å²) in [6.07, 6.45) is 0. The highest BCUT2D eigenvalue weighted by molar-refractivity contribution is 7.88. The van der Waals surface area contributed by atoms with E-state index in [9.17, 15) is 8.42 Å². The van der Waals surface area contributed by atoms with Crippen LogP contribution in [0.25, 0.3) is 0 Å². The first kappa shape index (κ1) is 16.5. The summed E-state index contributed by atoms with van der Waals surface area (Å²) < 4.78 is 26.0. The number of hydrogen-bond acceptors (Lipinski definition) is 2. The number of benzene rings is 1. The Morgan fingerprint density at radius 2 is 1.79 bits per heavy atom. The van der Waals surface area contributed by atoms with Crippen LogP contribution in [0, 0.1) is 5.41 Å². The summed E-state index contributed by atoms with van der Waals surface area (Å²) in [4.78, 5) is 0. The summed E-state index contributed by atoms with van der Waals surface area (Å²) in [6.45, 7) is 6.57. The van der Waals surface area contributed by atoms with Gasteiger partial charge in [0, 0.05) is 19.5 Å². The minimum atomic E-state index is -3.28. The lowest BCUT2D eigenvalue weighted by molar-refractivity contribution is 0.310. The Labute approximate surface area is 121 Å². The van der Waals surface area contributed by atoms with Crippen molar-refractivity contribution in [2.45, 2.75) is 32.4 Å². The van der Waals surface area contributed by atoms with Crippen molar-refractivity contribution in [1.29, 1.82) is 0 Å². The van der Waals surface area contributed by atoms with Gasteiger partial charge >= 0.3 is 0 Å². The van der Waals surface area contributed by atoms with E-state index in [0.717, 1.165) is 11.1 Å². The Hall–Kier alpha value is -0.580. The summed E-state index contributed by atoms with van der Waals surface area (Å²) in [5, 5.41) is 0. The summed E-state index contributed by atoms with van der Waals surface area (Å²) in [7, 11) is -1.65. The molecule has 0 radical (unpaired) electrons. The first-order valence-corrected chi connectivity index (χ1v) is 8.36. The van der Waals surface area contributed by atoms with E-state index in [0.29, 0.717) is 12.4 Å². The molecule has 19 heavy (non-hydrogen) atoms. The lowest BCUT2D eigenvalue weighted by Crippen LogP contribution is -2.35. The van der Waals surface area contributed by atoms with E-state index in [1.807, 2.05) is 45.0 Å². The molecule has 0 heterocycles. The monoisotopic (exact) mass is 303 g/mol. The second-order valence-electron chi connectivity index (χ2n) is 6.03. The van der Waals surface area contributed by atoms with Gasteiger partial charge in [0.2, 0.25) is 10.0 Å². The van der Waals surface area contributed by atoms with Crippen LogP contribution in [0.5, 0.6) is 0 Å². The van der Waals surface area contributed by atoms with Crippen LogP contribution in [0.4, 0.5) is 0 Å². The lowest BCUT2D eigenvalue weighted by atomic mass is 9.97. The smallest absolute Gasteiger partial charge is 0.212 e. The van der Waals surface area contributed by atoms with E-state index >= 15 is 0 Å². The van der Waals surface area contributed by atoms with Gasteiger partial charge in [-0.15, -0.1) is 11.6 Å². The van der Waals surface area contributed by atoms with Crippen LogP contribution in [-0.4, -0.2) is 26.3 Å². The molecule has 0 saturated carbocycles. The van der Waals surface area contributed by atoms with Gasteiger partial charge in [0.25, 0.3) is 0 Å². The van der Waals surface area contributed by atoms with E-state index in [1.165, 1.54) is 4.31 Å². The van der Waals surface area contributed by atoms with Crippen molar-refractivity contribution < 1.29 is 8.42 Å². The molecule has 108 valence electrons. The van der Waals surface area contributed by atoms with Crippen molar-refractivity contribution >= 4 is 21.6 Å². The normalized spacial score (nSPS) is 12.9. The van der Waals surface area contributed by atoms with E-state index in [4.69, 9.17) is 11.6 Å². The summed E-state index contributed by atoms with van der Waals surface area (Å²) in [5.74, 6) is 0.413. The molecule has 3 nitrogen and oxygen atoms in total. The van der Waals surface area contributed by atoms with Gasteiger partial charge in [0.15, 0.2) is 0 Å². The molecule has 1 aromatic rings. The molecule has 0 fully saturated rings. The Bertz CT molecular complexity index is 520. The fourth-order valence-electron chi connectivity index (χ4n) is 1.89. The number of sulfonamides is 1. The predicted octanol–water partition coefficient (Wildman–Crippen LogP) is 3.23. The van der Waals surface area contributed by atoms with Gasteiger partial charge in [-0.05, 0) is 16.5 Å². The molecule has 0 bridgehead atoms. The molecule has 0 aliphatic carbocycles. The van der Waals surface area contributed by atoms with Crippen molar-refractivity contribution in [3.8, 4) is 0 Å². The van der Waals surface area contributed by atoms with Crippen LogP contribution in [0.2, 0.25) is 0 Å². The van der Waals surface area contributed by atoms with E-state index in [2.05, 4.69) is 0 Å². The Morgan fingerprint density at radius 3 is 2.32 bits per heavy atom. The zero-order chi connectivity index (χ0) is 14.7. The molecule has 0 atom stereocenters. The summed E-state index contributed by atoms with van der Waals surface area (Å²) in [5.41, 5.74) is 1.66. The number of rotatable bonds is 5. The number of hydrogen-bond donors (Lipinski definition) is 0. The predicted molar refractivity (Wildman–Crippen MR) is 80.7 cm³/mol. The Balaban J connectivity index is 2.84. The van der Waals surface area contributed by atoms with E-state index < -0.39 is 10.0 Å². The average Bonchev–Trinajstić information content (AvgIpc) is 2.26. The molecule has 1 rings (SSSR count). The maximum absolute atomic E-state index is 12.3. The largest absolute Gasteiger partial charge is 0.218 e. The van der Waals surface area contributed by atoms with Crippen molar-refractivity contribution in [3.05, 3.63) is 35.4 Å². The molecular weight excluding hydrogens is 282 g/mol. The van der Waals surface area contributed by atoms with Gasteiger partial charge in [-0.25, -0.2) is 12.7 Å². The molecule has 0 unspecified atom stereocenters. The molecular formula is C14H22ClNO2S. The molecule has 5 heteroatoms. The summed E-state index contributed by atoms with van der Waals surface area (Å²) >= 11 is 5.76. The highest BCUT2D eigenvalue weighted by Crippen LogP contribution is 2.19. The van der Waals surface area contributed by atoms with Crippen molar-refractivity contribution in [1.82, 2.24) is 4.31 Å². The molecule has 0 N–H and O–H groups in total. The van der Waals surface area contributed by atoms with Crippen LogP contribution in [0.1, 0.15) is 31.9 Å². The first-order chi connectivity index (χ1) is 8.64. The third-order valence-corrected chi connectivity index (χ3v) is 4.75. The van der Waals surface area contributed by atoms with Gasteiger partial charge in [0.1, 0.15) is 0 Å².